The number of rotatable bonds is 4. The van der Waals surface area contributed by atoms with E-state index in [-0.39, 0.29) is 4.90 Å². The molecule has 0 spiro atoms. The first-order valence-corrected chi connectivity index (χ1v) is 18.6. The van der Waals surface area contributed by atoms with E-state index in [1.807, 2.05) is 60.7 Å². The summed E-state index contributed by atoms with van der Waals surface area (Å²) in [5.41, 5.74) is 13.4. The Kier molecular flexibility index (Phi) is 8.84. The number of nitrogens with one attached hydrogen (secondary N) is 1. The van der Waals surface area contributed by atoms with Gasteiger partial charge in [0, 0.05) is 0 Å². The van der Waals surface area contributed by atoms with E-state index in [9.17, 15) is 13.2 Å². The number of carbonyl (C=O) groups is 1. The fraction of sp³-hybridized carbons (Fsp3) is 0.167. The molecule has 0 fully saturated rings. The van der Waals surface area contributed by atoms with Crippen LogP contribution in [0.3, 0.4) is 0 Å². The Labute approximate surface area is 233 Å². The van der Waals surface area contributed by atoms with Gasteiger partial charge < -0.3 is 0 Å². The molecule has 4 aromatic rings. The van der Waals surface area contributed by atoms with Crippen LogP contribution in [0.4, 0.5) is 0 Å². The van der Waals surface area contributed by atoms with E-state index in [0.717, 1.165) is 11.1 Å². The number of benzene rings is 4. The van der Waals surface area contributed by atoms with Gasteiger partial charge >= 0.3 is 178 Å². The van der Waals surface area contributed by atoms with Gasteiger partial charge in [-0.2, -0.15) is 0 Å². The molecule has 1 amide bonds. The minimum atomic E-state index is -3.86. The molecule has 2 heterocycles. The molecule has 2 aliphatic heterocycles. The first-order chi connectivity index (χ1) is 18.1. The van der Waals surface area contributed by atoms with Gasteiger partial charge in [0.25, 0.3) is 0 Å². The Bertz CT molecular complexity index is 1500. The summed E-state index contributed by atoms with van der Waals surface area (Å²) < 4.78 is 28.7. The van der Waals surface area contributed by atoms with E-state index in [4.69, 9.17) is 15.4 Å². The summed E-state index contributed by atoms with van der Waals surface area (Å²) >= 11 is -3.16. The molecule has 8 heteroatoms. The fourth-order valence-electron chi connectivity index (χ4n) is 4.69. The van der Waals surface area contributed by atoms with Crippen LogP contribution >= 0.6 is 9.69 Å². The topological polar surface area (TPSA) is 89.3 Å². The van der Waals surface area contributed by atoms with E-state index in [1.165, 1.54) is 28.8 Å². The summed E-state index contributed by atoms with van der Waals surface area (Å²) in [5.74, 6) is -0.942. The monoisotopic (exact) mass is 635 g/mol. The van der Waals surface area contributed by atoms with E-state index >= 15 is 0 Å². The summed E-state index contributed by atoms with van der Waals surface area (Å²) in [4.78, 5) is 12.6. The van der Waals surface area contributed by atoms with Crippen LogP contribution in [0.25, 0.3) is 0 Å². The molecular weight excluding hydrogens is 605 g/mol. The van der Waals surface area contributed by atoms with Crippen molar-refractivity contribution in [1.29, 1.82) is 0 Å². The van der Waals surface area contributed by atoms with Crippen LogP contribution in [0, 0.1) is 20.8 Å². The summed E-state index contributed by atoms with van der Waals surface area (Å²) in [7, 11) is 2.33. The third-order valence-electron chi connectivity index (χ3n) is 6.25. The molecule has 0 unspecified atom stereocenters. The molecule has 6 rings (SSSR count). The van der Waals surface area contributed by atoms with Crippen molar-refractivity contribution in [3.63, 3.8) is 0 Å². The van der Waals surface area contributed by atoms with Crippen molar-refractivity contribution < 1.29 is 27.2 Å². The van der Waals surface area contributed by atoms with Crippen molar-refractivity contribution in [1.82, 2.24) is 4.06 Å². The second-order valence-corrected chi connectivity index (χ2v) is 19.0. The van der Waals surface area contributed by atoms with Gasteiger partial charge in [0.05, 0.1) is 0 Å². The second kappa shape index (κ2) is 11.9. The first-order valence-electron chi connectivity index (χ1n) is 12.0. The maximum absolute atomic E-state index is 13.1. The zero-order valence-electron chi connectivity index (χ0n) is 21.3. The van der Waals surface area contributed by atoms with Crippen LogP contribution in [-0.4, -0.2) is 14.3 Å². The third-order valence-corrected chi connectivity index (χ3v) is 15.2. The zero-order chi connectivity index (χ0) is 27.4. The van der Waals surface area contributed by atoms with Crippen molar-refractivity contribution in [2.45, 2.75) is 37.6 Å². The molecular formula is C30H30ClN2O3RuS. The molecule has 2 aliphatic rings. The number of nitrogens with two attached hydrogens (primary N) is 1. The standard InChI is InChI=1S/C21H19N2O3S.C9H12.ClH.Ru/c22-20(15-9-5-2-6-10-15)19(14-7-3-1-4-8-14)17-13-16(21(23)24)11-12-18(17)27(25)26;1-7-4-8(2)6-9(3)5-7;;/h1-13,19-20H,22H2,(H2,23,24);4-6H,1-3H3;1H;/q;;;+2/p-2/t19-,20+;;;/m0.../s1. The predicted octanol–water partition coefficient (Wildman–Crippen LogP) is 6.25. The van der Waals surface area contributed by atoms with Gasteiger partial charge in [-0.05, 0) is 20.8 Å². The van der Waals surface area contributed by atoms with Crippen LogP contribution in [0.15, 0.2) is 102 Å². The molecule has 2 bridgehead atoms. The quantitative estimate of drug-likeness (QED) is 0.260. The Morgan fingerprint density at radius 3 is 1.79 bits per heavy atom. The normalized spacial score (nSPS) is 16.3. The summed E-state index contributed by atoms with van der Waals surface area (Å²) in [6, 6.07) is 29.7. The molecule has 2 atom stereocenters. The Hall–Kier alpha value is -2.83. The van der Waals surface area contributed by atoms with Crippen LogP contribution in [0.1, 0.15) is 55.7 Å². The number of fused-ring (bicyclic) bond motifs is 5. The van der Waals surface area contributed by atoms with Crippen molar-refractivity contribution in [3.8, 4) is 0 Å². The number of amides is 1. The predicted molar refractivity (Wildman–Crippen MR) is 149 cm³/mol. The number of hydrogen-bond acceptors (Lipinski definition) is 4. The number of carbonyl (C=O) groups excluding carboxylic acids is 1. The molecule has 0 saturated carbocycles. The van der Waals surface area contributed by atoms with E-state index in [1.54, 1.807) is 6.07 Å². The average molecular weight is 635 g/mol. The SMILES string of the molecule is Cc1cc(C)cc(C)c1.N[C@H](c1ccccc1)[C@@H](c1ccccc1)c1cc2ccc1[S](=O)(=O)[Ru]([Cl])[NH]C2=O. The van der Waals surface area contributed by atoms with Crippen molar-refractivity contribution in [2.75, 3.05) is 0 Å². The van der Waals surface area contributed by atoms with Crippen LogP contribution in [0.5, 0.6) is 0 Å². The van der Waals surface area contributed by atoms with Crippen LogP contribution in [0.2, 0.25) is 0 Å². The van der Waals surface area contributed by atoms with Crippen molar-refractivity contribution >= 4 is 23.4 Å². The summed E-state index contributed by atoms with van der Waals surface area (Å²) in [5, 5.41) is 0. The molecule has 0 aliphatic carbocycles. The molecule has 4 aromatic carbocycles. The van der Waals surface area contributed by atoms with Crippen LogP contribution < -0.4 is 9.79 Å². The van der Waals surface area contributed by atoms with Gasteiger partial charge in [0.1, 0.15) is 0 Å². The molecule has 0 saturated heterocycles. The molecule has 0 aromatic heterocycles. The molecule has 38 heavy (non-hydrogen) atoms. The number of aryl methyl sites for hydroxylation is 3. The average Bonchev–Trinajstić information content (AvgIpc) is 2.89. The van der Waals surface area contributed by atoms with Gasteiger partial charge in [0.2, 0.25) is 0 Å². The van der Waals surface area contributed by atoms with E-state index in [0.29, 0.717) is 11.1 Å². The van der Waals surface area contributed by atoms with E-state index in [2.05, 4.69) is 43.0 Å². The van der Waals surface area contributed by atoms with Gasteiger partial charge in [-0.25, -0.2) is 0 Å². The van der Waals surface area contributed by atoms with Gasteiger partial charge in [-0.3, -0.25) is 0 Å². The number of hydrogen-bond donors (Lipinski definition) is 2. The summed E-state index contributed by atoms with van der Waals surface area (Å²) in [6.07, 6.45) is 0. The van der Waals surface area contributed by atoms with Crippen molar-refractivity contribution in [2.24, 2.45) is 5.73 Å². The second-order valence-electron chi connectivity index (χ2n) is 9.28. The fourth-order valence-corrected chi connectivity index (χ4v) is 10.6. The molecule has 3 N–H and O–H groups in total. The third kappa shape index (κ3) is 6.24. The molecule has 0 radical (unpaired) electrons. The minimum absolute atomic E-state index is 0.135. The Balaban J connectivity index is 0.000000317. The van der Waals surface area contributed by atoms with E-state index < -0.39 is 39.7 Å². The molecule has 199 valence electrons. The maximum atomic E-state index is 13.1. The van der Waals surface area contributed by atoms with Crippen molar-refractivity contribution in [3.05, 3.63) is 136 Å². The Morgan fingerprint density at radius 1 is 0.763 bits per heavy atom. The zero-order valence-corrected chi connectivity index (χ0v) is 24.6. The first kappa shape index (κ1) is 28.2. The van der Waals surface area contributed by atoms with Gasteiger partial charge in [-0.1, -0.05) is 34.9 Å². The van der Waals surface area contributed by atoms with Gasteiger partial charge in [-0.15, -0.1) is 0 Å². The Morgan fingerprint density at radius 2 is 1.26 bits per heavy atom. The number of halogens is 1. The van der Waals surface area contributed by atoms with Crippen LogP contribution in [-0.2, 0) is 21.8 Å². The van der Waals surface area contributed by atoms with Gasteiger partial charge in [0.15, 0.2) is 0 Å². The summed E-state index contributed by atoms with van der Waals surface area (Å²) in [6.45, 7) is 6.38. The molecule has 5 nitrogen and oxygen atoms in total.